The maximum Gasteiger partial charge on any atom is 0.246 e. The summed E-state index contributed by atoms with van der Waals surface area (Å²) in [5.41, 5.74) is 3.88. The number of aliphatic hydroxyl groups excluding tert-OH is 1. The molecule has 6 heteroatoms. The molecule has 1 fully saturated rings. The predicted octanol–water partition coefficient (Wildman–Crippen LogP) is 8.88. The topological polar surface area (TPSA) is 73.2 Å². The van der Waals surface area contributed by atoms with Crippen LogP contribution < -0.4 is 4.74 Å². The third kappa shape index (κ3) is 13.5. The molecule has 0 saturated carbocycles. The number of ether oxygens (including phenoxy) is 1. The Bertz CT molecular complexity index is 1130. The standard InChI is InChI=1S/C40H62N2O4/c1-4-6-8-10-12-14-16-19-35-29-33(30-36(40(35)45)20-17-15-13-11-9-7-5-2)23-24-39(44)42-27-25-41(26-28-42)32-38(43)34-21-18-22-37(31-34)46-3/h18,21-24,29-31,38,43,45H,4-17,19-20,25-28,32H2,1-3H3. The van der Waals surface area contributed by atoms with Crippen molar-refractivity contribution in [3.63, 3.8) is 0 Å². The van der Waals surface area contributed by atoms with Crippen LogP contribution in [0.2, 0.25) is 0 Å². The number of benzene rings is 2. The number of aryl methyl sites for hydroxylation is 2. The number of aliphatic hydroxyl groups is 1. The molecule has 0 aliphatic carbocycles. The zero-order valence-electron chi connectivity index (χ0n) is 29.2. The van der Waals surface area contributed by atoms with Crippen molar-refractivity contribution in [1.82, 2.24) is 9.80 Å². The number of β-amino-alcohol motifs (C(OH)–C–C–N with tert-alkyl or cyclic N) is 1. The number of carbonyl (C=O) groups is 1. The van der Waals surface area contributed by atoms with Gasteiger partial charge in [-0.1, -0.05) is 103 Å². The summed E-state index contributed by atoms with van der Waals surface area (Å²) in [5, 5.41) is 22.0. The second-order valence-corrected chi connectivity index (χ2v) is 13.2. The highest BCUT2D eigenvalue weighted by Gasteiger charge is 2.22. The molecule has 0 radical (unpaired) electrons. The fraction of sp³-hybridized carbons (Fsp3) is 0.625. The number of nitrogens with zero attached hydrogens (tertiary/aromatic N) is 2. The van der Waals surface area contributed by atoms with Gasteiger partial charge in [-0.15, -0.1) is 0 Å². The lowest BCUT2D eigenvalue weighted by Gasteiger charge is -2.35. The first kappa shape index (κ1) is 37.6. The molecule has 1 saturated heterocycles. The van der Waals surface area contributed by atoms with Crippen LogP contribution in [0.5, 0.6) is 11.5 Å². The highest BCUT2D eigenvalue weighted by molar-refractivity contribution is 5.92. The third-order valence-corrected chi connectivity index (χ3v) is 9.40. The minimum Gasteiger partial charge on any atom is -0.507 e. The molecule has 2 aromatic carbocycles. The number of phenols is 1. The highest BCUT2D eigenvalue weighted by Crippen LogP contribution is 2.29. The van der Waals surface area contributed by atoms with E-state index in [1.165, 1.54) is 77.0 Å². The first-order valence-corrected chi connectivity index (χ1v) is 18.3. The Hall–Kier alpha value is -2.83. The molecule has 46 heavy (non-hydrogen) atoms. The molecule has 1 atom stereocenters. The van der Waals surface area contributed by atoms with E-state index >= 15 is 0 Å². The first-order valence-electron chi connectivity index (χ1n) is 18.3. The van der Waals surface area contributed by atoms with Gasteiger partial charge in [0.15, 0.2) is 0 Å². The molecule has 0 aromatic heterocycles. The van der Waals surface area contributed by atoms with E-state index in [1.54, 1.807) is 13.2 Å². The van der Waals surface area contributed by atoms with Gasteiger partial charge in [-0.05, 0) is 78.3 Å². The Morgan fingerprint density at radius 2 is 1.35 bits per heavy atom. The monoisotopic (exact) mass is 634 g/mol. The lowest BCUT2D eigenvalue weighted by atomic mass is 9.95. The number of unbranched alkanes of at least 4 members (excludes halogenated alkanes) is 12. The fourth-order valence-electron chi connectivity index (χ4n) is 6.43. The van der Waals surface area contributed by atoms with Crippen LogP contribution in [-0.2, 0) is 17.6 Å². The number of rotatable bonds is 22. The van der Waals surface area contributed by atoms with Gasteiger partial charge >= 0.3 is 0 Å². The van der Waals surface area contributed by atoms with Crippen molar-refractivity contribution < 1.29 is 19.7 Å². The van der Waals surface area contributed by atoms with E-state index in [9.17, 15) is 15.0 Å². The zero-order chi connectivity index (χ0) is 33.0. The Kier molecular flexibility index (Phi) is 17.9. The second kappa shape index (κ2) is 21.9. The van der Waals surface area contributed by atoms with Crippen molar-refractivity contribution in [3.05, 3.63) is 64.7 Å². The van der Waals surface area contributed by atoms with Gasteiger partial charge < -0.3 is 19.8 Å². The minimum atomic E-state index is -0.600. The summed E-state index contributed by atoms with van der Waals surface area (Å²) in [4.78, 5) is 17.3. The van der Waals surface area contributed by atoms with Gasteiger partial charge in [0.1, 0.15) is 11.5 Å². The van der Waals surface area contributed by atoms with Gasteiger partial charge in [0.2, 0.25) is 5.91 Å². The minimum absolute atomic E-state index is 0.0170. The summed E-state index contributed by atoms with van der Waals surface area (Å²) in [6.07, 6.45) is 22.3. The van der Waals surface area contributed by atoms with Crippen molar-refractivity contribution in [2.24, 2.45) is 0 Å². The van der Waals surface area contributed by atoms with Crippen LogP contribution in [0.4, 0.5) is 0 Å². The van der Waals surface area contributed by atoms with Crippen molar-refractivity contribution in [2.75, 3.05) is 39.8 Å². The molecule has 1 aliphatic heterocycles. The van der Waals surface area contributed by atoms with Crippen LogP contribution in [0.1, 0.15) is 132 Å². The summed E-state index contributed by atoms with van der Waals surface area (Å²) < 4.78 is 5.29. The van der Waals surface area contributed by atoms with E-state index in [-0.39, 0.29) is 5.91 Å². The summed E-state index contributed by atoms with van der Waals surface area (Å²) >= 11 is 0. The molecule has 1 aliphatic rings. The van der Waals surface area contributed by atoms with E-state index in [4.69, 9.17) is 4.74 Å². The molecule has 256 valence electrons. The number of carbonyl (C=O) groups excluding carboxylic acids is 1. The van der Waals surface area contributed by atoms with Gasteiger partial charge in [-0.3, -0.25) is 9.69 Å². The van der Waals surface area contributed by atoms with Crippen molar-refractivity contribution in [3.8, 4) is 11.5 Å². The summed E-state index contributed by atoms with van der Waals surface area (Å²) in [7, 11) is 1.63. The molecular formula is C40H62N2O4. The van der Waals surface area contributed by atoms with Gasteiger partial charge in [0, 0.05) is 38.8 Å². The smallest absolute Gasteiger partial charge is 0.246 e. The summed E-state index contributed by atoms with van der Waals surface area (Å²) in [5.74, 6) is 1.22. The molecule has 1 amide bonds. The number of methoxy groups -OCH3 is 1. The van der Waals surface area contributed by atoms with Crippen LogP contribution in [0.3, 0.4) is 0 Å². The van der Waals surface area contributed by atoms with Crippen LogP contribution >= 0.6 is 0 Å². The largest absolute Gasteiger partial charge is 0.507 e. The van der Waals surface area contributed by atoms with Crippen LogP contribution in [0.15, 0.2) is 42.5 Å². The second-order valence-electron chi connectivity index (χ2n) is 13.2. The lowest BCUT2D eigenvalue weighted by Crippen LogP contribution is -2.49. The summed E-state index contributed by atoms with van der Waals surface area (Å²) in [6.45, 7) is 7.76. The number of hydrogen-bond donors (Lipinski definition) is 2. The van der Waals surface area contributed by atoms with Gasteiger partial charge in [-0.2, -0.15) is 0 Å². The van der Waals surface area contributed by atoms with E-state index in [0.717, 1.165) is 66.8 Å². The third-order valence-electron chi connectivity index (χ3n) is 9.40. The first-order chi connectivity index (χ1) is 22.4. The molecule has 6 nitrogen and oxygen atoms in total. The Labute approximate surface area is 279 Å². The number of hydrogen-bond acceptors (Lipinski definition) is 5. The van der Waals surface area contributed by atoms with Crippen LogP contribution in [-0.4, -0.2) is 65.8 Å². The van der Waals surface area contributed by atoms with E-state index in [2.05, 4.69) is 30.9 Å². The SMILES string of the molecule is CCCCCCCCCc1cc(C=CC(=O)N2CCN(CC(O)c3cccc(OC)c3)CC2)cc(CCCCCCCCC)c1O. The summed E-state index contributed by atoms with van der Waals surface area (Å²) in [6, 6.07) is 11.7. The molecule has 2 N–H and O–H groups in total. The average Bonchev–Trinajstić information content (AvgIpc) is 3.08. The van der Waals surface area contributed by atoms with Crippen LogP contribution in [0.25, 0.3) is 6.08 Å². The van der Waals surface area contributed by atoms with E-state index in [0.29, 0.717) is 25.4 Å². The lowest BCUT2D eigenvalue weighted by molar-refractivity contribution is -0.127. The molecule has 0 spiro atoms. The molecular weight excluding hydrogens is 572 g/mol. The zero-order valence-corrected chi connectivity index (χ0v) is 29.2. The van der Waals surface area contributed by atoms with Gasteiger partial charge in [0.25, 0.3) is 0 Å². The molecule has 1 unspecified atom stereocenters. The van der Waals surface area contributed by atoms with E-state index < -0.39 is 6.10 Å². The molecule has 3 rings (SSSR count). The Balaban J connectivity index is 1.55. The van der Waals surface area contributed by atoms with Crippen molar-refractivity contribution in [2.45, 2.75) is 123 Å². The highest BCUT2D eigenvalue weighted by atomic mass is 16.5. The number of phenolic OH excluding ortho intramolecular Hbond substituents is 1. The number of amides is 1. The normalized spacial score (nSPS) is 14.7. The Morgan fingerprint density at radius 3 is 1.89 bits per heavy atom. The van der Waals surface area contributed by atoms with Gasteiger partial charge in [-0.25, -0.2) is 0 Å². The van der Waals surface area contributed by atoms with Crippen molar-refractivity contribution in [1.29, 1.82) is 0 Å². The molecule has 2 aromatic rings. The molecule has 1 heterocycles. The van der Waals surface area contributed by atoms with E-state index in [1.807, 2.05) is 35.2 Å². The quantitative estimate of drug-likeness (QED) is 0.1000. The predicted molar refractivity (Wildman–Crippen MR) is 192 cm³/mol. The number of piperazine rings is 1. The molecule has 0 bridgehead atoms. The maximum absolute atomic E-state index is 13.2. The average molecular weight is 635 g/mol. The number of aromatic hydroxyl groups is 1. The van der Waals surface area contributed by atoms with Crippen molar-refractivity contribution >= 4 is 12.0 Å². The van der Waals surface area contributed by atoms with Crippen LogP contribution in [0, 0.1) is 0 Å². The maximum atomic E-state index is 13.2. The Morgan fingerprint density at radius 1 is 0.804 bits per heavy atom. The fourth-order valence-corrected chi connectivity index (χ4v) is 6.43. The van der Waals surface area contributed by atoms with Gasteiger partial charge in [0.05, 0.1) is 13.2 Å².